The Morgan fingerprint density at radius 1 is 1.62 bits per heavy atom. The summed E-state index contributed by atoms with van der Waals surface area (Å²) in [6.45, 7) is 3.78. The lowest BCUT2D eigenvalue weighted by atomic mass is 10.0. The van der Waals surface area contributed by atoms with Crippen molar-refractivity contribution < 1.29 is 13.9 Å². The number of carbonyl (C=O) groups is 1. The van der Waals surface area contributed by atoms with Crippen LogP contribution < -0.4 is 0 Å². The quantitative estimate of drug-likeness (QED) is 0.673. The zero-order valence-corrected chi connectivity index (χ0v) is 8.16. The van der Waals surface area contributed by atoms with E-state index in [-0.39, 0.29) is 11.9 Å². The molecular weight excluding hydrogens is 168 g/mol. The van der Waals surface area contributed by atoms with Crippen molar-refractivity contribution in [2.75, 3.05) is 7.11 Å². The first-order chi connectivity index (χ1) is 6.19. The normalized spacial score (nSPS) is 12.5. The van der Waals surface area contributed by atoms with E-state index < -0.39 is 0 Å². The smallest absolute Gasteiger partial charge is 0.316 e. The topological polar surface area (TPSA) is 39.4 Å². The second-order valence-electron chi connectivity index (χ2n) is 2.93. The third-order valence-corrected chi connectivity index (χ3v) is 2.00. The molecule has 0 bridgehead atoms. The maximum absolute atomic E-state index is 11.3. The first kappa shape index (κ1) is 9.84. The van der Waals surface area contributed by atoms with Gasteiger partial charge in [0.15, 0.2) is 0 Å². The lowest BCUT2D eigenvalue weighted by Gasteiger charge is -2.08. The molecule has 0 aliphatic rings. The van der Waals surface area contributed by atoms with E-state index in [2.05, 4.69) is 4.74 Å². The highest BCUT2D eigenvalue weighted by Crippen LogP contribution is 2.22. The van der Waals surface area contributed by atoms with Crippen LogP contribution in [0.1, 0.15) is 30.8 Å². The van der Waals surface area contributed by atoms with Crippen molar-refractivity contribution in [3.05, 3.63) is 23.7 Å². The minimum absolute atomic E-state index is 0.239. The second-order valence-corrected chi connectivity index (χ2v) is 2.93. The molecule has 0 N–H and O–H groups in total. The summed E-state index contributed by atoms with van der Waals surface area (Å²) in [5.74, 6) is 1.000. The Bertz CT molecular complexity index is 288. The number of ether oxygens (including phenoxy) is 1. The number of esters is 1. The Hall–Kier alpha value is -1.25. The van der Waals surface area contributed by atoms with Crippen LogP contribution in [0, 0.1) is 6.92 Å². The van der Waals surface area contributed by atoms with Crippen molar-refractivity contribution >= 4 is 5.97 Å². The standard InChI is InChI=1S/C10H14O3/c1-4-8(10(11)12-3)9-6-5-7(2)13-9/h5-6,8H,4H2,1-3H3. The number of hydrogen-bond acceptors (Lipinski definition) is 3. The molecule has 3 heteroatoms. The molecule has 0 aliphatic carbocycles. The number of methoxy groups -OCH3 is 1. The van der Waals surface area contributed by atoms with Gasteiger partial charge in [-0.1, -0.05) is 6.92 Å². The van der Waals surface area contributed by atoms with E-state index in [4.69, 9.17) is 4.42 Å². The fourth-order valence-corrected chi connectivity index (χ4v) is 1.27. The summed E-state index contributed by atoms with van der Waals surface area (Å²) < 4.78 is 10.0. The van der Waals surface area contributed by atoms with Gasteiger partial charge in [0, 0.05) is 0 Å². The van der Waals surface area contributed by atoms with Crippen molar-refractivity contribution in [3.63, 3.8) is 0 Å². The highest BCUT2D eigenvalue weighted by molar-refractivity contribution is 5.77. The molecule has 1 unspecified atom stereocenters. The first-order valence-electron chi connectivity index (χ1n) is 4.33. The SMILES string of the molecule is CCC(C(=O)OC)c1ccc(C)o1. The second kappa shape index (κ2) is 4.12. The van der Waals surface area contributed by atoms with Gasteiger partial charge in [-0.15, -0.1) is 0 Å². The van der Waals surface area contributed by atoms with Crippen LogP contribution in [0.2, 0.25) is 0 Å². The number of rotatable bonds is 3. The monoisotopic (exact) mass is 182 g/mol. The Balaban J connectivity index is 2.84. The van der Waals surface area contributed by atoms with Gasteiger partial charge in [0.2, 0.25) is 0 Å². The zero-order chi connectivity index (χ0) is 9.84. The fraction of sp³-hybridized carbons (Fsp3) is 0.500. The summed E-state index contributed by atoms with van der Waals surface area (Å²) >= 11 is 0. The van der Waals surface area contributed by atoms with E-state index in [0.717, 1.165) is 5.76 Å². The Labute approximate surface area is 77.7 Å². The Kier molecular flexibility index (Phi) is 3.12. The summed E-state index contributed by atoms with van der Waals surface area (Å²) in [4.78, 5) is 11.3. The molecule has 0 fully saturated rings. The Morgan fingerprint density at radius 3 is 2.69 bits per heavy atom. The number of carbonyl (C=O) groups excluding carboxylic acids is 1. The van der Waals surface area contributed by atoms with E-state index in [1.165, 1.54) is 7.11 Å². The molecule has 1 aromatic heterocycles. The first-order valence-corrected chi connectivity index (χ1v) is 4.33. The molecule has 0 spiro atoms. The molecule has 0 amide bonds. The minimum atomic E-state index is -0.265. The molecule has 1 aromatic rings. The molecule has 72 valence electrons. The average molecular weight is 182 g/mol. The van der Waals surface area contributed by atoms with Gasteiger partial charge in [-0.2, -0.15) is 0 Å². The molecule has 0 saturated carbocycles. The predicted molar refractivity (Wildman–Crippen MR) is 48.5 cm³/mol. The summed E-state index contributed by atoms with van der Waals surface area (Å²) in [5.41, 5.74) is 0. The highest BCUT2D eigenvalue weighted by Gasteiger charge is 2.22. The Morgan fingerprint density at radius 2 is 2.31 bits per heavy atom. The predicted octanol–water partition coefficient (Wildman–Crippen LogP) is 2.25. The third kappa shape index (κ3) is 2.11. The lowest BCUT2D eigenvalue weighted by molar-refractivity contribution is -0.142. The van der Waals surface area contributed by atoms with E-state index >= 15 is 0 Å². The van der Waals surface area contributed by atoms with Gasteiger partial charge in [0.25, 0.3) is 0 Å². The minimum Gasteiger partial charge on any atom is -0.468 e. The maximum Gasteiger partial charge on any atom is 0.316 e. The third-order valence-electron chi connectivity index (χ3n) is 2.00. The summed E-state index contributed by atoms with van der Waals surface area (Å²) in [6.07, 6.45) is 0.694. The summed E-state index contributed by atoms with van der Waals surface area (Å²) in [7, 11) is 1.39. The molecule has 0 radical (unpaired) electrons. The highest BCUT2D eigenvalue weighted by atomic mass is 16.5. The van der Waals surface area contributed by atoms with Crippen LogP contribution in [0.4, 0.5) is 0 Å². The van der Waals surface area contributed by atoms with E-state index in [1.807, 2.05) is 26.0 Å². The van der Waals surface area contributed by atoms with E-state index in [1.54, 1.807) is 0 Å². The van der Waals surface area contributed by atoms with Crippen LogP contribution >= 0.6 is 0 Å². The van der Waals surface area contributed by atoms with Crippen LogP contribution in [0.25, 0.3) is 0 Å². The van der Waals surface area contributed by atoms with Crippen LogP contribution in [-0.2, 0) is 9.53 Å². The van der Waals surface area contributed by atoms with Gasteiger partial charge in [-0.3, -0.25) is 4.79 Å². The number of hydrogen-bond donors (Lipinski definition) is 0. The van der Waals surface area contributed by atoms with Gasteiger partial charge in [-0.05, 0) is 25.5 Å². The largest absolute Gasteiger partial charge is 0.468 e. The molecule has 1 rings (SSSR count). The molecule has 1 atom stereocenters. The number of furan rings is 1. The van der Waals surface area contributed by atoms with Crippen LogP contribution in [0.3, 0.4) is 0 Å². The van der Waals surface area contributed by atoms with E-state index in [0.29, 0.717) is 12.2 Å². The van der Waals surface area contributed by atoms with Crippen molar-refractivity contribution in [2.24, 2.45) is 0 Å². The molecule has 3 nitrogen and oxygen atoms in total. The van der Waals surface area contributed by atoms with E-state index in [9.17, 15) is 4.79 Å². The maximum atomic E-state index is 11.3. The van der Waals surface area contributed by atoms with Crippen LogP contribution in [-0.4, -0.2) is 13.1 Å². The molecule has 0 aliphatic heterocycles. The van der Waals surface area contributed by atoms with Crippen molar-refractivity contribution in [1.29, 1.82) is 0 Å². The van der Waals surface area contributed by atoms with Crippen molar-refractivity contribution in [1.82, 2.24) is 0 Å². The van der Waals surface area contributed by atoms with Gasteiger partial charge >= 0.3 is 5.97 Å². The molecule has 1 heterocycles. The van der Waals surface area contributed by atoms with Crippen LogP contribution in [0.15, 0.2) is 16.5 Å². The number of aryl methyl sites for hydroxylation is 1. The van der Waals surface area contributed by atoms with Crippen molar-refractivity contribution in [2.45, 2.75) is 26.2 Å². The van der Waals surface area contributed by atoms with Gasteiger partial charge in [0.1, 0.15) is 17.4 Å². The molecule has 0 saturated heterocycles. The van der Waals surface area contributed by atoms with Gasteiger partial charge in [0.05, 0.1) is 7.11 Å². The van der Waals surface area contributed by atoms with Gasteiger partial charge in [-0.25, -0.2) is 0 Å². The fourth-order valence-electron chi connectivity index (χ4n) is 1.27. The molecule has 13 heavy (non-hydrogen) atoms. The molecular formula is C10H14O3. The van der Waals surface area contributed by atoms with Crippen LogP contribution in [0.5, 0.6) is 0 Å². The average Bonchev–Trinajstić information content (AvgIpc) is 2.53. The van der Waals surface area contributed by atoms with Gasteiger partial charge < -0.3 is 9.15 Å². The zero-order valence-electron chi connectivity index (χ0n) is 8.16. The van der Waals surface area contributed by atoms with Crippen molar-refractivity contribution in [3.8, 4) is 0 Å². The lowest BCUT2D eigenvalue weighted by Crippen LogP contribution is -2.12. The summed E-state index contributed by atoms with van der Waals surface area (Å²) in [6, 6.07) is 3.67. The summed E-state index contributed by atoms with van der Waals surface area (Å²) in [5, 5.41) is 0. The molecule has 0 aromatic carbocycles.